The Labute approximate surface area is 159 Å². The lowest BCUT2D eigenvalue weighted by Gasteiger charge is -2.38. The van der Waals surface area contributed by atoms with Gasteiger partial charge in [-0.05, 0) is 37.0 Å². The molecule has 146 valence electrons. The standard InChI is InChI=1S/C18H18N4O5S/c23-17-6-12-2-1-3-14(12)20-22(17)10-11-8-21(9-11)28(25,26)13-4-5-15-16(7-13)27-18(24)19-15/h4-7,11H,1-3,8-10H2,(H,19,24). The molecule has 2 aliphatic rings. The molecule has 0 radical (unpaired) electrons. The zero-order valence-electron chi connectivity index (χ0n) is 14.9. The average Bonchev–Trinajstić information content (AvgIpc) is 3.21. The molecule has 1 aliphatic heterocycles. The summed E-state index contributed by atoms with van der Waals surface area (Å²) in [5.74, 6) is -0.589. The van der Waals surface area contributed by atoms with Gasteiger partial charge in [0, 0.05) is 31.1 Å². The number of rotatable bonds is 4. The molecule has 3 heterocycles. The van der Waals surface area contributed by atoms with Gasteiger partial charge in [-0.15, -0.1) is 0 Å². The van der Waals surface area contributed by atoms with Gasteiger partial charge in [0.1, 0.15) is 0 Å². The molecule has 0 unspecified atom stereocenters. The summed E-state index contributed by atoms with van der Waals surface area (Å²) in [5, 5.41) is 4.45. The van der Waals surface area contributed by atoms with E-state index >= 15 is 0 Å². The predicted molar refractivity (Wildman–Crippen MR) is 99.6 cm³/mol. The predicted octanol–water partition coefficient (Wildman–Crippen LogP) is 0.487. The Morgan fingerprint density at radius 1 is 1.18 bits per heavy atom. The van der Waals surface area contributed by atoms with Crippen LogP contribution >= 0.6 is 0 Å². The van der Waals surface area contributed by atoms with Crippen molar-refractivity contribution in [1.82, 2.24) is 19.1 Å². The molecule has 1 N–H and O–H groups in total. The van der Waals surface area contributed by atoms with Crippen LogP contribution < -0.4 is 11.3 Å². The van der Waals surface area contributed by atoms with E-state index in [2.05, 4.69) is 10.1 Å². The van der Waals surface area contributed by atoms with E-state index in [1.807, 2.05) is 0 Å². The molecule has 0 spiro atoms. The summed E-state index contributed by atoms with van der Waals surface area (Å²) >= 11 is 0. The minimum atomic E-state index is -3.68. The number of sulfonamides is 1. The molecule has 2 aromatic heterocycles. The lowest BCUT2D eigenvalue weighted by atomic mass is 10.0. The molecule has 10 heteroatoms. The second kappa shape index (κ2) is 6.14. The van der Waals surface area contributed by atoms with Crippen molar-refractivity contribution >= 4 is 21.1 Å². The van der Waals surface area contributed by atoms with E-state index in [9.17, 15) is 18.0 Å². The first-order valence-electron chi connectivity index (χ1n) is 9.13. The second-order valence-electron chi connectivity index (χ2n) is 7.35. The van der Waals surface area contributed by atoms with Crippen LogP contribution in [0, 0.1) is 5.92 Å². The molecular formula is C18H18N4O5S. The smallest absolute Gasteiger partial charge is 0.408 e. The lowest BCUT2D eigenvalue weighted by molar-refractivity contribution is 0.172. The quantitative estimate of drug-likeness (QED) is 0.678. The van der Waals surface area contributed by atoms with Crippen LogP contribution in [0.4, 0.5) is 0 Å². The second-order valence-corrected chi connectivity index (χ2v) is 9.29. The van der Waals surface area contributed by atoms with Crippen molar-refractivity contribution in [2.24, 2.45) is 5.92 Å². The number of hydrogen-bond donors (Lipinski definition) is 1. The molecule has 0 bridgehead atoms. The van der Waals surface area contributed by atoms with E-state index in [0.29, 0.717) is 25.2 Å². The van der Waals surface area contributed by atoms with Gasteiger partial charge in [0.05, 0.1) is 22.7 Å². The van der Waals surface area contributed by atoms with Gasteiger partial charge in [-0.1, -0.05) is 0 Å². The summed E-state index contributed by atoms with van der Waals surface area (Å²) in [6.07, 6.45) is 2.81. The first-order chi connectivity index (χ1) is 13.4. The van der Waals surface area contributed by atoms with Gasteiger partial charge in [-0.25, -0.2) is 17.9 Å². The Bertz CT molecular complexity index is 1300. The molecule has 5 rings (SSSR count). The number of oxazole rings is 1. The highest BCUT2D eigenvalue weighted by molar-refractivity contribution is 7.89. The van der Waals surface area contributed by atoms with Gasteiger partial charge in [-0.3, -0.25) is 9.78 Å². The summed E-state index contributed by atoms with van der Waals surface area (Å²) in [6, 6.07) is 5.96. The third-order valence-corrected chi connectivity index (χ3v) is 7.24. The number of hydrogen-bond acceptors (Lipinski definition) is 6. The third kappa shape index (κ3) is 2.80. The van der Waals surface area contributed by atoms with Crippen LogP contribution in [0.15, 0.2) is 43.2 Å². The zero-order valence-corrected chi connectivity index (χ0v) is 15.7. The number of aromatic nitrogens is 3. The first-order valence-corrected chi connectivity index (χ1v) is 10.6. The monoisotopic (exact) mass is 402 g/mol. The summed E-state index contributed by atoms with van der Waals surface area (Å²) in [5.41, 5.74) is 2.54. The van der Waals surface area contributed by atoms with Crippen LogP contribution in [-0.2, 0) is 29.4 Å². The van der Waals surface area contributed by atoms with Crippen LogP contribution in [0.3, 0.4) is 0 Å². The fourth-order valence-electron chi connectivity index (χ4n) is 3.88. The van der Waals surface area contributed by atoms with Crippen molar-refractivity contribution in [3.05, 3.63) is 56.4 Å². The van der Waals surface area contributed by atoms with Gasteiger partial charge in [-0.2, -0.15) is 9.40 Å². The largest absolute Gasteiger partial charge is 0.417 e. The summed E-state index contributed by atoms with van der Waals surface area (Å²) < 4.78 is 33.4. The van der Waals surface area contributed by atoms with Crippen LogP contribution in [-0.4, -0.2) is 40.6 Å². The van der Waals surface area contributed by atoms with E-state index < -0.39 is 15.8 Å². The number of nitrogens with one attached hydrogen (secondary N) is 1. The number of aryl methyl sites for hydroxylation is 2. The molecule has 3 aromatic rings. The fraction of sp³-hybridized carbons (Fsp3) is 0.389. The van der Waals surface area contributed by atoms with E-state index in [0.717, 1.165) is 30.5 Å². The maximum Gasteiger partial charge on any atom is 0.417 e. The topological polar surface area (TPSA) is 118 Å². The highest BCUT2D eigenvalue weighted by atomic mass is 32.2. The van der Waals surface area contributed by atoms with Crippen molar-refractivity contribution in [1.29, 1.82) is 0 Å². The Morgan fingerprint density at radius 2 is 2.00 bits per heavy atom. The lowest BCUT2D eigenvalue weighted by Crippen LogP contribution is -2.52. The molecule has 0 atom stereocenters. The Kier molecular flexibility index (Phi) is 3.81. The fourth-order valence-corrected chi connectivity index (χ4v) is 5.49. The van der Waals surface area contributed by atoms with Crippen molar-refractivity contribution in [3.8, 4) is 0 Å². The van der Waals surface area contributed by atoms with E-state index in [1.165, 1.54) is 27.2 Å². The van der Waals surface area contributed by atoms with Gasteiger partial charge < -0.3 is 4.42 Å². The van der Waals surface area contributed by atoms with Crippen molar-refractivity contribution in [2.75, 3.05) is 13.1 Å². The Hall–Kier alpha value is -2.72. The molecule has 28 heavy (non-hydrogen) atoms. The van der Waals surface area contributed by atoms with Crippen molar-refractivity contribution < 1.29 is 12.8 Å². The van der Waals surface area contributed by atoms with E-state index in [4.69, 9.17) is 4.42 Å². The molecule has 1 aromatic carbocycles. The Balaban J connectivity index is 1.32. The molecule has 1 aliphatic carbocycles. The van der Waals surface area contributed by atoms with E-state index in [-0.39, 0.29) is 22.0 Å². The summed E-state index contributed by atoms with van der Waals surface area (Å²) in [7, 11) is -3.68. The average molecular weight is 402 g/mol. The normalized spacial score (nSPS) is 17.7. The molecule has 0 saturated carbocycles. The van der Waals surface area contributed by atoms with Gasteiger partial charge in [0.2, 0.25) is 10.0 Å². The van der Waals surface area contributed by atoms with Crippen LogP contribution in [0.5, 0.6) is 0 Å². The van der Waals surface area contributed by atoms with Gasteiger partial charge >= 0.3 is 5.76 Å². The molecular weight excluding hydrogens is 384 g/mol. The number of benzene rings is 1. The first kappa shape index (κ1) is 17.4. The minimum absolute atomic E-state index is 0.0355. The molecule has 0 amide bonds. The van der Waals surface area contributed by atoms with Gasteiger partial charge in [0.15, 0.2) is 5.58 Å². The number of fused-ring (bicyclic) bond motifs is 2. The van der Waals surface area contributed by atoms with E-state index in [1.54, 1.807) is 6.07 Å². The number of H-pyrrole nitrogens is 1. The number of aromatic amines is 1. The Morgan fingerprint density at radius 3 is 2.82 bits per heavy atom. The maximum absolute atomic E-state index is 12.8. The zero-order chi connectivity index (χ0) is 19.5. The third-order valence-electron chi connectivity index (χ3n) is 5.41. The molecule has 9 nitrogen and oxygen atoms in total. The van der Waals surface area contributed by atoms with Crippen molar-refractivity contribution in [3.63, 3.8) is 0 Å². The minimum Gasteiger partial charge on any atom is -0.408 e. The van der Waals surface area contributed by atoms with Crippen molar-refractivity contribution in [2.45, 2.75) is 30.7 Å². The van der Waals surface area contributed by atoms with Crippen LogP contribution in [0.2, 0.25) is 0 Å². The molecule has 1 fully saturated rings. The summed E-state index contributed by atoms with van der Waals surface area (Å²) in [4.78, 5) is 26.0. The maximum atomic E-state index is 12.8. The van der Waals surface area contributed by atoms with Crippen LogP contribution in [0.1, 0.15) is 17.7 Å². The summed E-state index contributed by atoms with van der Waals surface area (Å²) in [6.45, 7) is 1.05. The molecule has 1 saturated heterocycles. The highest BCUT2D eigenvalue weighted by Crippen LogP contribution is 2.27. The van der Waals surface area contributed by atoms with Crippen LogP contribution in [0.25, 0.3) is 11.1 Å². The highest BCUT2D eigenvalue weighted by Gasteiger charge is 2.37. The number of nitrogens with zero attached hydrogens (tertiary/aromatic N) is 3. The SMILES string of the molecule is O=c1[nH]c2ccc(S(=O)(=O)N3CC(Cn4nc5c(cc4=O)CCC5)C3)cc2o1. The van der Waals surface area contributed by atoms with Gasteiger partial charge in [0.25, 0.3) is 5.56 Å².